The molecule has 0 bridgehead atoms. The summed E-state index contributed by atoms with van der Waals surface area (Å²) in [7, 11) is 0. The summed E-state index contributed by atoms with van der Waals surface area (Å²) in [6, 6.07) is 2.05. The van der Waals surface area contributed by atoms with Crippen molar-refractivity contribution in [3.8, 4) is 0 Å². The Balaban J connectivity index is 2.66. The third kappa shape index (κ3) is 2.83. The number of amides is 1. The number of rotatable bonds is 4. The van der Waals surface area contributed by atoms with Crippen molar-refractivity contribution < 1.29 is 4.79 Å². The lowest BCUT2D eigenvalue weighted by Gasteiger charge is -2.11. The van der Waals surface area contributed by atoms with E-state index in [1.807, 2.05) is 13.8 Å². The molecule has 4 nitrogen and oxygen atoms in total. The number of anilines is 1. The van der Waals surface area contributed by atoms with Crippen molar-refractivity contribution in [2.24, 2.45) is 0 Å². The van der Waals surface area contributed by atoms with Crippen molar-refractivity contribution in [2.45, 2.75) is 26.3 Å². The van der Waals surface area contributed by atoms with Crippen LogP contribution in [0, 0.1) is 0 Å². The third-order valence-electron chi connectivity index (χ3n) is 1.75. The van der Waals surface area contributed by atoms with Gasteiger partial charge < -0.3 is 5.32 Å². The highest BCUT2D eigenvalue weighted by Gasteiger charge is 2.08. The SMILES string of the molecule is CC(C)n1nccc1NC(=O)CCBr. The van der Waals surface area contributed by atoms with Crippen LogP contribution in [0.4, 0.5) is 5.82 Å². The molecule has 1 N–H and O–H groups in total. The van der Waals surface area contributed by atoms with Gasteiger partial charge in [0.2, 0.25) is 5.91 Å². The Bertz CT molecular complexity index is 309. The Labute approximate surface area is 91.8 Å². The lowest BCUT2D eigenvalue weighted by Crippen LogP contribution is -2.16. The standard InChI is InChI=1S/C9H14BrN3O/c1-7(2)13-8(4-6-11-13)12-9(14)3-5-10/h4,6-7H,3,5H2,1-2H3,(H,12,14). The number of carbonyl (C=O) groups excluding carboxylic acids is 1. The minimum absolute atomic E-state index is 0.00396. The molecule has 1 aromatic rings. The van der Waals surface area contributed by atoms with Crippen LogP contribution in [0.15, 0.2) is 12.3 Å². The van der Waals surface area contributed by atoms with Crippen molar-refractivity contribution >= 4 is 27.7 Å². The van der Waals surface area contributed by atoms with E-state index in [-0.39, 0.29) is 11.9 Å². The minimum atomic E-state index is 0.00396. The number of alkyl halides is 1. The maximum Gasteiger partial charge on any atom is 0.226 e. The summed E-state index contributed by atoms with van der Waals surface area (Å²) < 4.78 is 1.78. The summed E-state index contributed by atoms with van der Waals surface area (Å²) in [6.07, 6.45) is 2.16. The smallest absolute Gasteiger partial charge is 0.226 e. The van der Waals surface area contributed by atoms with Crippen LogP contribution in [-0.4, -0.2) is 21.0 Å². The fourth-order valence-electron chi connectivity index (χ4n) is 1.12. The second-order valence-electron chi connectivity index (χ2n) is 3.24. The zero-order valence-electron chi connectivity index (χ0n) is 8.33. The van der Waals surface area contributed by atoms with Crippen LogP contribution in [0.3, 0.4) is 0 Å². The second-order valence-corrected chi connectivity index (χ2v) is 4.03. The van der Waals surface area contributed by atoms with Gasteiger partial charge >= 0.3 is 0 Å². The topological polar surface area (TPSA) is 46.9 Å². The van der Waals surface area contributed by atoms with Gasteiger partial charge in [0, 0.05) is 23.9 Å². The molecule has 1 heterocycles. The second kappa shape index (κ2) is 5.14. The van der Waals surface area contributed by atoms with E-state index in [0.717, 1.165) is 5.82 Å². The van der Waals surface area contributed by atoms with Gasteiger partial charge in [0.25, 0.3) is 0 Å². The van der Waals surface area contributed by atoms with Crippen LogP contribution < -0.4 is 5.32 Å². The Hall–Kier alpha value is -0.840. The van der Waals surface area contributed by atoms with E-state index in [9.17, 15) is 4.79 Å². The van der Waals surface area contributed by atoms with Gasteiger partial charge in [0.15, 0.2) is 0 Å². The van der Waals surface area contributed by atoms with Crippen molar-refractivity contribution in [3.05, 3.63) is 12.3 Å². The molecule has 1 rings (SSSR count). The van der Waals surface area contributed by atoms with Gasteiger partial charge in [-0.25, -0.2) is 4.68 Å². The van der Waals surface area contributed by atoms with Crippen LogP contribution in [0.5, 0.6) is 0 Å². The molecule has 14 heavy (non-hydrogen) atoms. The summed E-state index contributed by atoms with van der Waals surface area (Å²) in [5.41, 5.74) is 0. The first-order chi connectivity index (χ1) is 6.65. The molecule has 0 aliphatic heterocycles. The lowest BCUT2D eigenvalue weighted by molar-refractivity contribution is -0.115. The van der Waals surface area contributed by atoms with Crippen LogP contribution in [0.2, 0.25) is 0 Å². The molecule has 0 aliphatic rings. The van der Waals surface area contributed by atoms with E-state index in [1.54, 1.807) is 16.9 Å². The molecule has 0 radical (unpaired) electrons. The maximum atomic E-state index is 11.3. The van der Waals surface area contributed by atoms with Gasteiger partial charge in [-0.05, 0) is 13.8 Å². The summed E-state index contributed by atoms with van der Waals surface area (Å²) in [6.45, 7) is 4.04. The van der Waals surface area contributed by atoms with Crippen molar-refractivity contribution in [2.75, 3.05) is 10.6 Å². The summed E-state index contributed by atoms with van der Waals surface area (Å²) in [4.78, 5) is 11.3. The molecule has 0 saturated heterocycles. The van der Waals surface area contributed by atoms with Gasteiger partial charge in [-0.3, -0.25) is 4.79 Å². The number of hydrogen-bond acceptors (Lipinski definition) is 2. The predicted molar refractivity (Wildman–Crippen MR) is 59.7 cm³/mol. The first kappa shape index (κ1) is 11.2. The molecule has 0 fully saturated rings. The molecule has 0 aliphatic carbocycles. The molecule has 1 aromatic heterocycles. The molecule has 0 aromatic carbocycles. The number of halogens is 1. The minimum Gasteiger partial charge on any atom is -0.311 e. The van der Waals surface area contributed by atoms with Gasteiger partial charge in [-0.15, -0.1) is 0 Å². The summed E-state index contributed by atoms with van der Waals surface area (Å²) >= 11 is 3.22. The van der Waals surface area contributed by atoms with Crippen LogP contribution in [0.25, 0.3) is 0 Å². The molecular weight excluding hydrogens is 246 g/mol. The number of nitrogens with one attached hydrogen (secondary N) is 1. The predicted octanol–water partition coefficient (Wildman–Crippen LogP) is 2.19. The zero-order chi connectivity index (χ0) is 10.6. The Morgan fingerprint density at radius 1 is 1.71 bits per heavy atom. The first-order valence-electron chi connectivity index (χ1n) is 4.54. The fraction of sp³-hybridized carbons (Fsp3) is 0.556. The van der Waals surface area contributed by atoms with Crippen LogP contribution in [0.1, 0.15) is 26.3 Å². The Morgan fingerprint density at radius 3 is 3.00 bits per heavy atom. The van der Waals surface area contributed by atoms with Crippen molar-refractivity contribution in [1.82, 2.24) is 9.78 Å². The van der Waals surface area contributed by atoms with E-state index < -0.39 is 0 Å². The molecular formula is C9H14BrN3O. The molecule has 5 heteroatoms. The van der Waals surface area contributed by atoms with E-state index in [2.05, 4.69) is 26.3 Å². The Morgan fingerprint density at radius 2 is 2.43 bits per heavy atom. The van der Waals surface area contributed by atoms with Crippen LogP contribution in [-0.2, 0) is 4.79 Å². The molecule has 0 saturated carbocycles. The largest absolute Gasteiger partial charge is 0.311 e. The van der Waals surface area contributed by atoms with Gasteiger partial charge in [0.1, 0.15) is 5.82 Å². The van der Waals surface area contributed by atoms with E-state index in [1.165, 1.54) is 0 Å². The number of carbonyl (C=O) groups is 1. The number of aromatic nitrogens is 2. The monoisotopic (exact) mass is 259 g/mol. The number of hydrogen-bond donors (Lipinski definition) is 1. The molecule has 0 atom stereocenters. The summed E-state index contributed by atoms with van der Waals surface area (Å²) in [5, 5.41) is 7.60. The highest BCUT2D eigenvalue weighted by atomic mass is 79.9. The normalized spacial score (nSPS) is 10.6. The molecule has 1 amide bonds. The summed E-state index contributed by atoms with van der Waals surface area (Å²) in [5.74, 6) is 0.759. The average molecular weight is 260 g/mol. The zero-order valence-corrected chi connectivity index (χ0v) is 9.91. The highest BCUT2D eigenvalue weighted by molar-refractivity contribution is 9.09. The first-order valence-corrected chi connectivity index (χ1v) is 5.66. The maximum absolute atomic E-state index is 11.3. The third-order valence-corrected chi connectivity index (χ3v) is 2.14. The average Bonchev–Trinajstić information content (AvgIpc) is 2.52. The highest BCUT2D eigenvalue weighted by Crippen LogP contribution is 2.13. The van der Waals surface area contributed by atoms with E-state index >= 15 is 0 Å². The van der Waals surface area contributed by atoms with Gasteiger partial charge in [-0.2, -0.15) is 5.10 Å². The van der Waals surface area contributed by atoms with Crippen molar-refractivity contribution in [3.63, 3.8) is 0 Å². The van der Waals surface area contributed by atoms with Gasteiger partial charge in [-0.1, -0.05) is 15.9 Å². The molecule has 0 spiro atoms. The number of nitrogens with zero attached hydrogens (tertiary/aromatic N) is 2. The van der Waals surface area contributed by atoms with Crippen molar-refractivity contribution in [1.29, 1.82) is 0 Å². The van der Waals surface area contributed by atoms with E-state index in [0.29, 0.717) is 11.8 Å². The van der Waals surface area contributed by atoms with Crippen LogP contribution >= 0.6 is 15.9 Å². The molecule has 0 unspecified atom stereocenters. The Kier molecular flexibility index (Phi) is 4.13. The quantitative estimate of drug-likeness (QED) is 0.843. The molecule has 78 valence electrons. The lowest BCUT2D eigenvalue weighted by atomic mass is 10.4. The fourth-order valence-corrected chi connectivity index (χ4v) is 1.48. The van der Waals surface area contributed by atoms with Gasteiger partial charge in [0.05, 0.1) is 6.20 Å². The van der Waals surface area contributed by atoms with E-state index in [4.69, 9.17) is 0 Å².